The molecule has 0 N–H and O–H groups in total. The quantitative estimate of drug-likeness (QED) is 0.850. The molecule has 1 unspecified atom stereocenters. The highest BCUT2D eigenvalue weighted by Crippen LogP contribution is 2.30. The Kier molecular flexibility index (Phi) is 4.30. The molecule has 1 saturated heterocycles. The minimum atomic E-state index is -3.43. The van der Waals surface area contributed by atoms with Gasteiger partial charge >= 0.3 is 0 Å². The fraction of sp³-hybridized carbons (Fsp3) is 0.500. The highest BCUT2D eigenvalue weighted by atomic mass is 35.5. The summed E-state index contributed by atoms with van der Waals surface area (Å²) in [5.41, 5.74) is 0. The zero-order chi connectivity index (χ0) is 14.9. The summed E-state index contributed by atoms with van der Waals surface area (Å²) in [6.45, 7) is 1.76. The summed E-state index contributed by atoms with van der Waals surface area (Å²) in [7, 11) is -3.43. The average molecular weight is 347 g/mol. The van der Waals surface area contributed by atoms with Crippen LogP contribution in [0.2, 0.25) is 4.34 Å². The van der Waals surface area contributed by atoms with Gasteiger partial charge in [0.1, 0.15) is 16.9 Å². The molecule has 0 aromatic carbocycles. The molecule has 0 aliphatic carbocycles. The van der Waals surface area contributed by atoms with E-state index in [9.17, 15) is 8.42 Å². The number of piperidine rings is 1. The maximum absolute atomic E-state index is 12.6. The first-order chi connectivity index (χ1) is 10.1. The van der Waals surface area contributed by atoms with Gasteiger partial charge in [0.25, 0.3) is 10.0 Å². The van der Waals surface area contributed by atoms with Crippen LogP contribution < -0.4 is 0 Å². The second-order valence-corrected chi connectivity index (χ2v) is 8.93. The highest BCUT2D eigenvalue weighted by molar-refractivity contribution is 7.91. The third kappa shape index (κ3) is 3.28. The van der Waals surface area contributed by atoms with Gasteiger partial charge in [-0.15, -0.1) is 11.3 Å². The predicted octanol–water partition coefficient (Wildman–Crippen LogP) is 2.09. The molecule has 0 amide bonds. The molecule has 1 fully saturated rings. The lowest BCUT2D eigenvalue weighted by Crippen LogP contribution is -2.40. The van der Waals surface area contributed by atoms with Crippen molar-refractivity contribution in [1.82, 2.24) is 19.1 Å². The largest absolute Gasteiger partial charge is 0.253 e. The van der Waals surface area contributed by atoms with Gasteiger partial charge in [-0.25, -0.2) is 13.4 Å². The Labute approximate surface area is 132 Å². The molecule has 0 saturated carbocycles. The zero-order valence-electron chi connectivity index (χ0n) is 11.2. The second kappa shape index (κ2) is 6.04. The average Bonchev–Trinajstić information content (AvgIpc) is 3.11. The fourth-order valence-electron chi connectivity index (χ4n) is 2.55. The third-order valence-electron chi connectivity index (χ3n) is 3.54. The highest BCUT2D eigenvalue weighted by Gasteiger charge is 2.31. The monoisotopic (exact) mass is 346 g/mol. The molecule has 114 valence electrons. The Hall–Kier alpha value is -0.960. The van der Waals surface area contributed by atoms with Gasteiger partial charge in [0.05, 0.1) is 4.34 Å². The summed E-state index contributed by atoms with van der Waals surface area (Å²) < 4.78 is 29.3. The van der Waals surface area contributed by atoms with Crippen molar-refractivity contribution in [2.45, 2.75) is 23.6 Å². The summed E-state index contributed by atoms with van der Waals surface area (Å²) >= 11 is 6.95. The van der Waals surface area contributed by atoms with Gasteiger partial charge in [-0.1, -0.05) is 11.6 Å². The molecule has 9 heteroatoms. The van der Waals surface area contributed by atoms with Gasteiger partial charge in [-0.3, -0.25) is 4.68 Å². The molecule has 1 aliphatic rings. The molecule has 3 heterocycles. The lowest BCUT2D eigenvalue weighted by molar-refractivity contribution is 0.240. The molecule has 2 aromatic heterocycles. The van der Waals surface area contributed by atoms with Gasteiger partial charge in [-0.2, -0.15) is 9.40 Å². The minimum absolute atomic E-state index is 0.255. The summed E-state index contributed by atoms with van der Waals surface area (Å²) in [6.07, 6.45) is 5.01. The second-order valence-electron chi connectivity index (χ2n) is 5.05. The van der Waals surface area contributed by atoms with Gasteiger partial charge in [0, 0.05) is 19.6 Å². The Morgan fingerprint density at radius 1 is 1.43 bits per heavy atom. The summed E-state index contributed by atoms with van der Waals surface area (Å²) in [5, 5.41) is 4.08. The molecule has 2 aromatic rings. The topological polar surface area (TPSA) is 68.1 Å². The van der Waals surface area contributed by atoms with Crippen LogP contribution >= 0.6 is 22.9 Å². The molecule has 0 bridgehead atoms. The van der Waals surface area contributed by atoms with E-state index in [1.165, 1.54) is 6.33 Å². The molecular formula is C12H15ClN4O2S2. The van der Waals surface area contributed by atoms with Crippen molar-refractivity contribution >= 4 is 33.0 Å². The zero-order valence-corrected chi connectivity index (χ0v) is 13.6. The van der Waals surface area contributed by atoms with Crippen LogP contribution in [0.25, 0.3) is 0 Å². The van der Waals surface area contributed by atoms with E-state index in [1.807, 2.05) is 0 Å². The van der Waals surface area contributed by atoms with E-state index in [2.05, 4.69) is 10.1 Å². The number of hydrogen-bond donors (Lipinski definition) is 0. The Morgan fingerprint density at radius 3 is 2.95 bits per heavy atom. The van der Waals surface area contributed by atoms with Gasteiger partial charge < -0.3 is 0 Å². The van der Waals surface area contributed by atoms with Crippen LogP contribution in [-0.4, -0.2) is 40.6 Å². The minimum Gasteiger partial charge on any atom is -0.253 e. The van der Waals surface area contributed by atoms with Gasteiger partial charge in [0.2, 0.25) is 0 Å². The van der Waals surface area contributed by atoms with E-state index in [-0.39, 0.29) is 5.92 Å². The Morgan fingerprint density at radius 2 is 2.29 bits per heavy atom. The molecule has 1 aliphatic heterocycles. The number of thiophene rings is 1. The van der Waals surface area contributed by atoms with Crippen molar-refractivity contribution in [2.75, 3.05) is 13.1 Å². The predicted molar refractivity (Wildman–Crippen MR) is 80.8 cm³/mol. The molecule has 0 spiro atoms. The van der Waals surface area contributed by atoms with E-state index in [4.69, 9.17) is 11.6 Å². The van der Waals surface area contributed by atoms with E-state index < -0.39 is 10.0 Å². The SMILES string of the molecule is O=S(=O)(c1ccc(Cl)s1)N1CCCC(Cn2cncn2)C1. The Bertz CT molecular complexity index is 699. The van der Waals surface area contributed by atoms with E-state index in [1.54, 1.807) is 27.4 Å². The molecular weight excluding hydrogens is 332 g/mol. The number of sulfonamides is 1. The maximum Gasteiger partial charge on any atom is 0.252 e. The normalized spacial score (nSPS) is 20.7. The number of aromatic nitrogens is 3. The number of hydrogen-bond acceptors (Lipinski definition) is 5. The van der Waals surface area contributed by atoms with Crippen LogP contribution in [0.1, 0.15) is 12.8 Å². The summed E-state index contributed by atoms with van der Waals surface area (Å²) in [5.74, 6) is 0.255. The van der Waals surface area contributed by atoms with Crippen LogP contribution in [-0.2, 0) is 16.6 Å². The standard InChI is InChI=1S/C12H15ClN4O2S2/c13-11-3-4-12(20-11)21(18,19)17-5-1-2-10(7-17)6-16-9-14-8-15-16/h3-4,8-10H,1-2,5-7H2. The molecule has 6 nitrogen and oxygen atoms in total. The van der Waals surface area contributed by atoms with Gasteiger partial charge in [-0.05, 0) is 30.9 Å². The van der Waals surface area contributed by atoms with Crippen molar-refractivity contribution in [3.8, 4) is 0 Å². The lowest BCUT2D eigenvalue weighted by atomic mass is 10.00. The summed E-state index contributed by atoms with van der Waals surface area (Å²) in [6, 6.07) is 3.19. The number of rotatable bonds is 4. The van der Waals surface area contributed by atoms with Crippen LogP contribution in [0.4, 0.5) is 0 Å². The fourth-order valence-corrected chi connectivity index (χ4v) is 5.74. The number of nitrogens with zero attached hydrogens (tertiary/aromatic N) is 4. The molecule has 21 heavy (non-hydrogen) atoms. The first-order valence-electron chi connectivity index (χ1n) is 6.63. The molecule has 1 atom stereocenters. The van der Waals surface area contributed by atoms with Crippen LogP contribution in [0.15, 0.2) is 29.0 Å². The Balaban J connectivity index is 1.73. The third-order valence-corrected chi connectivity index (χ3v) is 7.10. The molecule has 0 radical (unpaired) electrons. The van der Waals surface area contributed by atoms with E-state index in [0.29, 0.717) is 28.2 Å². The first kappa shape index (κ1) is 15.0. The van der Waals surface area contributed by atoms with E-state index in [0.717, 1.165) is 24.2 Å². The van der Waals surface area contributed by atoms with Crippen molar-refractivity contribution in [1.29, 1.82) is 0 Å². The van der Waals surface area contributed by atoms with E-state index >= 15 is 0 Å². The first-order valence-corrected chi connectivity index (χ1v) is 9.27. The van der Waals surface area contributed by atoms with Crippen LogP contribution in [0, 0.1) is 5.92 Å². The van der Waals surface area contributed by atoms with Gasteiger partial charge in [0.15, 0.2) is 0 Å². The number of halogens is 1. The lowest BCUT2D eigenvalue weighted by Gasteiger charge is -2.31. The van der Waals surface area contributed by atoms with Crippen molar-refractivity contribution < 1.29 is 8.42 Å². The van der Waals surface area contributed by atoms with Crippen molar-refractivity contribution in [2.24, 2.45) is 5.92 Å². The summed E-state index contributed by atoms with van der Waals surface area (Å²) in [4.78, 5) is 3.91. The smallest absolute Gasteiger partial charge is 0.252 e. The van der Waals surface area contributed by atoms with Crippen molar-refractivity contribution in [3.63, 3.8) is 0 Å². The van der Waals surface area contributed by atoms with Crippen molar-refractivity contribution in [3.05, 3.63) is 29.1 Å². The van der Waals surface area contributed by atoms with Crippen LogP contribution in [0.3, 0.4) is 0 Å². The van der Waals surface area contributed by atoms with Crippen LogP contribution in [0.5, 0.6) is 0 Å². The molecule has 3 rings (SSSR count). The maximum atomic E-state index is 12.6.